The van der Waals surface area contributed by atoms with Gasteiger partial charge in [0.25, 0.3) is 0 Å². The highest BCUT2D eigenvalue weighted by Crippen LogP contribution is 2.33. The molecule has 108 valence electrons. The van der Waals surface area contributed by atoms with Crippen molar-refractivity contribution in [3.05, 3.63) is 59.7 Å². The van der Waals surface area contributed by atoms with Crippen molar-refractivity contribution in [2.24, 2.45) is 5.73 Å². The predicted octanol–water partition coefficient (Wildman–Crippen LogP) is 4.05. The van der Waals surface area contributed by atoms with Gasteiger partial charge >= 0.3 is 0 Å². The van der Waals surface area contributed by atoms with Gasteiger partial charge in [-0.2, -0.15) is 5.10 Å². The number of benzene rings is 1. The molecule has 1 atom stereocenters. The second kappa shape index (κ2) is 6.24. The number of nitrogens with two attached hydrogens (primary N) is 1. The summed E-state index contributed by atoms with van der Waals surface area (Å²) in [7, 11) is 0. The average Bonchev–Trinajstić information content (AvgIpc) is 3.17. The summed E-state index contributed by atoms with van der Waals surface area (Å²) in [6.07, 6.45) is 5.04. The Bertz CT molecular complexity index is 700. The third-order valence-electron chi connectivity index (χ3n) is 3.60. The first-order chi connectivity index (χ1) is 10.3. The highest BCUT2D eigenvalue weighted by molar-refractivity contribution is 7.15. The maximum absolute atomic E-state index is 5.64. The molecule has 3 rings (SSSR count). The van der Waals surface area contributed by atoms with Gasteiger partial charge in [0.05, 0.1) is 11.9 Å². The number of thiophene rings is 1. The Morgan fingerprint density at radius 1 is 1.19 bits per heavy atom. The second-order valence-corrected chi connectivity index (χ2v) is 6.30. The van der Waals surface area contributed by atoms with Gasteiger partial charge in [-0.3, -0.25) is 0 Å². The van der Waals surface area contributed by atoms with Gasteiger partial charge in [-0.25, -0.2) is 4.68 Å². The lowest BCUT2D eigenvalue weighted by Crippen LogP contribution is -2.03. The third-order valence-corrected chi connectivity index (χ3v) is 4.97. The van der Waals surface area contributed by atoms with Gasteiger partial charge in [0.15, 0.2) is 0 Å². The zero-order valence-electron chi connectivity index (χ0n) is 12.1. The SMILES string of the molecule is CC(CCN)c1ccc(-c2cnn(-c3ccccc3)c2)s1. The van der Waals surface area contributed by atoms with E-state index in [4.69, 9.17) is 5.73 Å². The van der Waals surface area contributed by atoms with E-state index < -0.39 is 0 Å². The van der Waals surface area contributed by atoms with Crippen LogP contribution in [0.15, 0.2) is 54.9 Å². The number of hydrogen-bond acceptors (Lipinski definition) is 3. The lowest BCUT2D eigenvalue weighted by atomic mass is 10.1. The van der Waals surface area contributed by atoms with Gasteiger partial charge in [0.1, 0.15) is 0 Å². The molecule has 2 heterocycles. The Morgan fingerprint density at radius 2 is 2.00 bits per heavy atom. The lowest BCUT2D eigenvalue weighted by Gasteiger charge is -2.05. The molecule has 0 saturated heterocycles. The molecule has 4 heteroatoms. The zero-order chi connectivity index (χ0) is 14.7. The lowest BCUT2D eigenvalue weighted by molar-refractivity contribution is 0.701. The highest BCUT2D eigenvalue weighted by Gasteiger charge is 2.10. The molecule has 21 heavy (non-hydrogen) atoms. The van der Waals surface area contributed by atoms with Crippen molar-refractivity contribution in [3.8, 4) is 16.1 Å². The first-order valence-corrected chi connectivity index (χ1v) is 8.00. The van der Waals surface area contributed by atoms with Crippen molar-refractivity contribution < 1.29 is 0 Å². The van der Waals surface area contributed by atoms with Crippen LogP contribution in [0.2, 0.25) is 0 Å². The monoisotopic (exact) mass is 297 g/mol. The Kier molecular flexibility index (Phi) is 4.18. The molecule has 0 bridgehead atoms. The van der Waals surface area contributed by atoms with Crippen LogP contribution >= 0.6 is 11.3 Å². The number of rotatable bonds is 5. The van der Waals surface area contributed by atoms with Crippen LogP contribution < -0.4 is 5.73 Å². The Balaban J connectivity index is 1.84. The fourth-order valence-corrected chi connectivity index (χ4v) is 3.41. The first kappa shape index (κ1) is 14.0. The molecule has 0 radical (unpaired) electrons. The van der Waals surface area contributed by atoms with Crippen LogP contribution in [0.25, 0.3) is 16.1 Å². The van der Waals surface area contributed by atoms with E-state index >= 15 is 0 Å². The van der Waals surface area contributed by atoms with Gasteiger partial charge in [0, 0.05) is 21.5 Å². The molecule has 2 aromatic heterocycles. The van der Waals surface area contributed by atoms with Crippen LogP contribution in [0.1, 0.15) is 24.1 Å². The maximum Gasteiger partial charge on any atom is 0.0645 e. The summed E-state index contributed by atoms with van der Waals surface area (Å²) in [5.74, 6) is 0.526. The van der Waals surface area contributed by atoms with Crippen LogP contribution in [-0.4, -0.2) is 16.3 Å². The fraction of sp³-hybridized carbons (Fsp3) is 0.235. The Labute approximate surface area is 129 Å². The molecule has 1 aromatic carbocycles. The van der Waals surface area contributed by atoms with E-state index in [1.165, 1.54) is 9.75 Å². The fourth-order valence-electron chi connectivity index (χ4n) is 2.34. The van der Waals surface area contributed by atoms with E-state index in [1.54, 1.807) is 0 Å². The zero-order valence-corrected chi connectivity index (χ0v) is 12.9. The topological polar surface area (TPSA) is 43.8 Å². The predicted molar refractivity (Wildman–Crippen MR) is 89.0 cm³/mol. The summed E-state index contributed by atoms with van der Waals surface area (Å²) < 4.78 is 1.91. The number of aromatic nitrogens is 2. The normalized spacial score (nSPS) is 12.5. The summed E-state index contributed by atoms with van der Waals surface area (Å²) in [4.78, 5) is 2.65. The van der Waals surface area contributed by atoms with Gasteiger partial charge < -0.3 is 5.73 Å². The summed E-state index contributed by atoms with van der Waals surface area (Å²) in [6, 6.07) is 14.6. The average molecular weight is 297 g/mol. The first-order valence-electron chi connectivity index (χ1n) is 7.18. The largest absolute Gasteiger partial charge is 0.330 e. The molecule has 1 unspecified atom stereocenters. The summed E-state index contributed by atoms with van der Waals surface area (Å²) in [5.41, 5.74) is 7.89. The van der Waals surface area contributed by atoms with Crippen molar-refractivity contribution in [2.75, 3.05) is 6.54 Å². The summed E-state index contributed by atoms with van der Waals surface area (Å²) in [5, 5.41) is 4.46. The molecule has 0 amide bonds. The van der Waals surface area contributed by atoms with E-state index in [0.29, 0.717) is 5.92 Å². The third kappa shape index (κ3) is 3.06. The summed E-state index contributed by atoms with van der Waals surface area (Å²) in [6.45, 7) is 2.97. The summed E-state index contributed by atoms with van der Waals surface area (Å²) >= 11 is 1.83. The van der Waals surface area contributed by atoms with Crippen molar-refractivity contribution in [3.63, 3.8) is 0 Å². The molecule has 0 aliphatic rings. The number of hydrogen-bond donors (Lipinski definition) is 1. The van der Waals surface area contributed by atoms with Crippen molar-refractivity contribution in [1.29, 1.82) is 0 Å². The molecule has 3 nitrogen and oxygen atoms in total. The van der Waals surface area contributed by atoms with Crippen LogP contribution in [0.4, 0.5) is 0 Å². The van der Waals surface area contributed by atoms with E-state index in [1.807, 2.05) is 40.4 Å². The molecule has 2 N–H and O–H groups in total. The van der Waals surface area contributed by atoms with E-state index in [9.17, 15) is 0 Å². The van der Waals surface area contributed by atoms with E-state index in [0.717, 1.165) is 24.2 Å². The number of para-hydroxylation sites is 1. The quantitative estimate of drug-likeness (QED) is 0.772. The minimum atomic E-state index is 0.526. The van der Waals surface area contributed by atoms with Crippen LogP contribution in [-0.2, 0) is 0 Å². The van der Waals surface area contributed by atoms with Crippen LogP contribution in [0, 0.1) is 0 Å². The van der Waals surface area contributed by atoms with Crippen molar-refractivity contribution >= 4 is 11.3 Å². The highest BCUT2D eigenvalue weighted by atomic mass is 32.1. The second-order valence-electron chi connectivity index (χ2n) is 5.19. The molecule has 0 aliphatic carbocycles. The van der Waals surface area contributed by atoms with Gasteiger partial charge in [-0.1, -0.05) is 25.1 Å². The van der Waals surface area contributed by atoms with Crippen molar-refractivity contribution in [1.82, 2.24) is 9.78 Å². The van der Waals surface area contributed by atoms with Crippen LogP contribution in [0.3, 0.4) is 0 Å². The molecule has 0 spiro atoms. The molecule has 3 aromatic rings. The number of nitrogens with zero attached hydrogens (tertiary/aromatic N) is 2. The van der Waals surface area contributed by atoms with Crippen LogP contribution in [0.5, 0.6) is 0 Å². The molecular weight excluding hydrogens is 278 g/mol. The standard InChI is InChI=1S/C17H19N3S/c1-13(9-10-18)16-7-8-17(21-16)14-11-19-20(12-14)15-5-3-2-4-6-15/h2-8,11-13H,9-10,18H2,1H3. The maximum atomic E-state index is 5.64. The minimum absolute atomic E-state index is 0.526. The van der Waals surface area contributed by atoms with Gasteiger partial charge in [-0.15, -0.1) is 11.3 Å². The smallest absolute Gasteiger partial charge is 0.0645 e. The van der Waals surface area contributed by atoms with E-state index in [2.05, 4.69) is 42.5 Å². The Morgan fingerprint density at radius 3 is 2.76 bits per heavy atom. The molecular formula is C17H19N3S. The van der Waals surface area contributed by atoms with E-state index in [-0.39, 0.29) is 0 Å². The van der Waals surface area contributed by atoms with Gasteiger partial charge in [0.2, 0.25) is 0 Å². The van der Waals surface area contributed by atoms with Crippen molar-refractivity contribution in [2.45, 2.75) is 19.3 Å². The minimum Gasteiger partial charge on any atom is -0.330 e. The molecule has 0 aliphatic heterocycles. The Hall–Kier alpha value is -1.91. The molecule has 0 fully saturated rings. The van der Waals surface area contributed by atoms with Gasteiger partial charge in [-0.05, 0) is 43.1 Å². The molecule has 0 saturated carbocycles.